The monoisotopic (exact) mass is 365 g/mol. The van der Waals surface area contributed by atoms with Crippen molar-refractivity contribution in [3.05, 3.63) is 47.9 Å². The van der Waals surface area contributed by atoms with Gasteiger partial charge in [0.25, 0.3) is 0 Å². The molecule has 1 fully saturated rings. The Hall–Kier alpha value is -2.03. The van der Waals surface area contributed by atoms with E-state index in [1.807, 2.05) is 12.3 Å². The molecule has 1 heterocycles. The fraction of sp³-hybridized carbons (Fsp3) is 0.500. The zero-order valence-electron chi connectivity index (χ0n) is 16.5. The quantitative estimate of drug-likeness (QED) is 0.646. The molecule has 0 radical (unpaired) electrons. The lowest BCUT2D eigenvalue weighted by Gasteiger charge is -2.18. The van der Waals surface area contributed by atoms with Crippen LogP contribution in [0.2, 0.25) is 0 Å². The van der Waals surface area contributed by atoms with Gasteiger partial charge in [-0.25, -0.2) is 4.39 Å². The summed E-state index contributed by atoms with van der Waals surface area (Å²) in [5, 5.41) is 0.903. The van der Waals surface area contributed by atoms with Crippen molar-refractivity contribution in [2.75, 3.05) is 0 Å². The van der Waals surface area contributed by atoms with Crippen LogP contribution in [-0.4, -0.2) is 10.8 Å². The first-order chi connectivity index (χ1) is 12.8. The number of hydrogen-bond acceptors (Lipinski definition) is 2. The number of nitrogens with zero attached hydrogens (tertiary/aromatic N) is 1. The van der Waals surface area contributed by atoms with Crippen molar-refractivity contribution in [3.63, 3.8) is 0 Å². The van der Waals surface area contributed by atoms with Crippen molar-refractivity contribution in [3.8, 4) is 0 Å². The van der Waals surface area contributed by atoms with E-state index >= 15 is 0 Å². The Balaban J connectivity index is 1.48. The molecule has 4 rings (SSSR count). The number of carbonyl (C=O) groups is 1. The number of aromatic nitrogens is 1. The first-order valence-corrected chi connectivity index (χ1v) is 10.1. The Kier molecular flexibility index (Phi) is 4.65. The van der Waals surface area contributed by atoms with Crippen LogP contribution in [0.15, 0.2) is 36.5 Å². The third-order valence-corrected chi connectivity index (χ3v) is 6.04. The van der Waals surface area contributed by atoms with Gasteiger partial charge in [0.1, 0.15) is 11.6 Å². The zero-order chi connectivity index (χ0) is 19.2. The summed E-state index contributed by atoms with van der Waals surface area (Å²) in [5.74, 6) is 1.91. The number of rotatable bonds is 4. The second-order valence-electron chi connectivity index (χ2n) is 9.66. The van der Waals surface area contributed by atoms with E-state index in [1.165, 1.54) is 11.6 Å². The fourth-order valence-electron chi connectivity index (χ4n) is 5.07. The van der Waals surface area contributed by atoms with Crippen molar-refractivity contribution in [2.24, 2.45) is 23.2 Å². The maximum Gasteiger partial charge on any atom is 0.133 e. The molecule has 0 bridgehead atoms. The van der Waals surface area contributed by atoms with E-state index in [9.17, 15) is 9.18 Å². The molecule has 0 unspecified atom stereocenters. The van der Waals surface area contributed by atoms with Crippen molar-refractivity contribution in [2.45, 2.75) is 52.9 Å². The number of benzene rings is 1. The Morgan fingerprint density at radius 3 is 2.78 bits per heavy atom. The van der Waals surface area contributed by atoms with Crippen LogP contribution in [0.25, 0.3) is 16.5 Å². The first kappa shape index (κ1) is 18.3. The van der Waals surface area contributed by atoms with Gasteiger partial charge in [-0.05, 0) is 77.8 Å². The van der Waals surface area contributed by atoms with Gasteiger partial charge in [0.2, 0.25) is 0 Å². The minimum absolute atomic E-state index is 0.0797. The molecule has 142 valence electrons. The molecule has 0 aliphatic heterocycles. The summed E-state index contributed by atoms with van der Waals surface area (Å²) < 4.78 is 13.7. The highest BCUT2D eigenvalue weighted by atomic mass is 19.1. The van der Waals surface area contributed by atoms with E-state index in [0.29, 0.717) is 30.0 Å². The van der Waals surface area contributed by atoms with Crippen LogP contribution in [0.5, 0.6) is 0 Å². The molecule has 2 aliphatic rings. The van der Waals surface area contributed by atoms with Crippen LogP contribution in [0, 0.1) is 29.0 Å². The number of hydrogen-bond donors (Lipinski definition) is 0. The summed E-state index contributed by atoms with van der Waals surface area (Å²) in [5.41, 5.74) is 3.37. The number of halogens is 1. The van der Waals surface area contributed by atoms with Gasteiger partial charge in [-0.1, -0.05) is 26.8 Å². The standard InChI is InChI=1S/C24H28FNO/c1-24(2,3)14-20(27)10-15-8-16-11-18(12-17(16)9-15)21-6-7-26-23-5-4-19(25)13-22(21)23/h4-7,11,13,15-17H,8-10,12,14H2,1-3H3/t15-,16+,17-/m1/s1. The molecular weight excluding hydrogens is 337 g/mol. The number of Topliss-reactive ketones (excluding diaryl/α,β-unsaturated/α-hetero) is 1. The Morgan fingerprint density at radius 2 is 2.04 bits per heavy atom. The van der Waals surface area contributed by atoms with Crippen molar-refractivity contribution >= 4 is 22.3 Å². The highest BCUT2D eigenvalue weighted by Crippen LogP contribution is 2.50. The fourth-order valence-corrected chi connectivity index (χ4v) is 5.07. The van der Waals surface area contributed by atoms with Gasteiger partial charge >= 0.3 is 0 Å². The molecule has 3 atom stereocenters. The van der Waals surface area contributed by atoms with Gasteiger partial charge in [0, 0.05) is 24.4 Å². The molecule has 0 N–H and O–H groups in total. The summed E-state index contributed by atoms with van der Waals surface area (Å²) in [6.07, 6.45) is 8.89. The number of fused-ring (bicyclic) bond motifs is 2. The SMILES string of the molecule is CC(C)(C)CC(=O)C[C@H]1C[C@@H]2CC(c3ccnc4ccc(F)cc34)=C[C@@H]2C1. The minimum Gasteiger partial charge on any atom is -0.300 e. The second-order valence-corrected chi connectivity index (χ2v) is 9.66. The lowest BCUT2D eigenvalue weighted by molar-refractivity contribution is -0.121. The number of allylic oxidation sites excluding steroid dienone is 2. The third kappa shape index (κ3) is 3.97. The Bertz CT molecular complexity index is 908. The predicted molar refractivity (Wildman–Crippen MR) is 108 cm³/mol. The lowest BCUT2D eigenvalue weighted by atomic mass is 9.86. The molecule has 2 aromatic rings. The van der Waals surface area contributed by atoms with Gasteiger partial charge in [-0.15, -0.1) is 0 Å². The van der Waals surface area contributed by atoms with Crippen LogP contribution >= 0.6 is 0 Å². The summed E-state index contributed by atoms with van der Waals surface area (Å²) >= 11 is 0. The predicted octanol–water partition coefficient (Wildman–Crippen LogP) is 6.20. The van der Waals surface area contributed by atoms with Crippen LogP contribution in [0.4, 0.5) is 4.39 Å². The molecule has 1 aromatic carbocycles. The van der Waals surface area contributed by atoms with Crippen molar-refractivity contribution in [1.29, 1.82) is 0 Å². The van der Waals surface area contributed by atoms with Gasteiger partial charge in [-0.3, -0.25) is 9.78 Å². The molecule has 1 saturated carbocycles. The summed E-state index contributed by atoms with van der Waals surface area (Å²) in [6, 6.07) is 6.83. The Labute approximate surface area is 160 Å². The van der Waals surface area contributed by atoms with E-state index in [4.69, 9.17) is 0 Å². The van der Waals surface area contributed by atoms with Crippen LogP contribution in [0.3, 0.4) is 0 Å². The molecule has 0 amide bonds. The van der Waals surface area contributed by atoms with Gasteiger partial charge in [-0.2, -0.15) is 0 Å². The molecule has 1 aromatic heterocycles. The largest absolute Gasteiger partial charge is 0.300 e. The minimum atomic E-state index is -0.215. The molecular formula is C24H28FNO. The Morgan fingerprint density at radius 1 is 1.22 bits per heavy atom. The molecule has 0 saturated heterocycles. The third-order valence-electron chi connectivity index (χ3n) is 6.04. The van der Waals surface area contributed by atoms with Gasteiger partial charge < -0.3 is 0 Å². The van der Waals surface area contributed by atoms with E-state index in [1.54, 1.807) is 12.1 Å². The van der Waals surface area contributed by atoms with Crippen LogP contribution in [-0.2, 0) is 4.79 Å². The average Bonchev–Trinajstić information content (AvgIpc) is 3.10. The maximum absolute atomic E-state index is 13.7. The first-order valence-electron chi connectivity index (χ1n) is 10.1. The normalized spacial score (nSPS) is 24.9. The van der Waals surface area contributed by atoms with E-state index < -0.39 is 0 Å². The lowest BCUT2D eigenvalue weighted by Crippen LogP contribution is -2.15. The summed E-state index contributed by atoms with van der Waals surface area (Å²) in [6.45, 7) is 6.39. The highest BCUT2D eigenvalue weighted by molar-refractivity contribution is 5.92. The zero-order valence-corrected chi connectivity index (χ0v) is 16.5. The van der Waals surface area contributed by atoms with Crippen molar-refractivity contribution in [1.82, 2.24) is 4.98 Å². The molecule has 2 aliphatic carbocycles. The topological polar surface area (TPSA) is 30.0 Å². The van der Waals surface area contributed by atoms with E-state index in [0.717, 1.165) is 42.1 Å². The van der Waals surface area contributed by atoms with Gasteiger partial charge in [0.05, 0.1) is 5.52 Å². The number of ketones is 1. The molecule has 27 heavy (non-hydrogen) atoms. The van der Waals surface area contributed by atoms with Crippen molar-refractivity contribution < 1.29 is 9.18 Å². The smallest absolute Gasteiger partial charge is 0.133 e. The molecule has 0 spiro atoms. The summed E-state index contributed by atoms with van der Waals surface area (Å²) in [7, 11) is 0. The molecule has 3 heteroatoms. The maximum atomic E-state index is 13.7. The number of carbonyl (C=O) groups excluding carboxylic acids is 1. The summed E-state index contributed by atoms with van der Waals surface area (Å²) in [4.78, 5) is 16.7. The number of pyridine rings is 1. The highest BCUT2D eigenvalue weighted by Gasteiger charge is 2.38. The van der Waals surface area contributed by atoms with Crippen LogP contribution in [0.1, 0.15) is 58.4 Å². The van der Waals surface area contributed by atoms with E-state index in [2.05, 4.69) is 31.8 Å². The van der Waals surface area contributed by atoms with Crippen LogP contribution < -0.4 is 0 Å². The van der Waals surface area contributed by atoms with Gasteiger partial charge in [0.15, 0.2) is 0 Å². The molecule has 2 nitrogen and oxygen atoms in total. The average molecular weight is 365 g/mol. The second kappa shape index (κ2) is 6.85. The van der Waals surface area contributed by atoms with E-state index in [-0.39, 0.29) is 11.2 Å².